The third-order valence-corrected chi connectivity index (χ3v) is 4.04. The van der Waals surface area contributed by atoms with Gasteiger partial charge in [-0.05, 0) is 69.2 Å². The van der Waals surface area contributed by atoms with Crippen molar-refractivity contribution in [2.45, 2.75) is 38.5 Å². The predicted molar refractivity (Wildman–Crippen MR) is 72.8 cm³/mol. The van der Waals surface area contributed by atoms with Gasteiger partial charge in [0, 0.05) is 6.54 Å². The first-order valence-corrected chi connectivity index (χ1v) is 7.22. The van der Waals surface area contributed by atoms with Gasteiger partial charge in [-0.15, -0.1) is 5.10 Å². The van der Waals surface area contributed by atoms with Crippen LogP contribution in [0.2, 0.25) is 0 Å². The Morgan fingerprint density at radius 3 is 3.06 bits per heavy atom. The largest absolute Gasteiger partial charge is 0.368 e. The van der Waals surface area contributed by atoms with E-state index in [1.807, 2.05) is 0 Å². The van der Waals surface area contributed by atoms with Crippen LogP contribution in [0.3, 0.4) is 0 Å². The van der Waals surface area contributed by atoms with Crippen LogP contribution >= 0.6 is 0 Å². The third kappa shape index (κ3) is 2.80. The monoisotopic (exact) mass is 246 g/mol. The van der Waals surface area contributed by atoms with Crippen molar-refractivity contribution in [1.29, 1.82) is 0 Å². The Hall–Kier alpha value is -1.16. The zero-order chi connectivity index (χ0) is 12.2. The van der Waals surface area contributed by atoms with Gasteiger partial charge >= 0.3 is 0 Å². The Balaban J connectivity index is 1.58. The van der Waals surface area contributed by atoms with Gasteiger partial charge in [0.2, 0.25) is 0 Å². The van der Waals surface area contributed by atoms with Crippen molar-refractivity contribution in [2.24, 2.45) is 5.92 Å². The van der Waals surface area contributed by atoms with Gasteiger partial charge in [0.15, 0.2) is 0 Å². The molecule has 1 aromatic heterocycles. The minimum Gasteiger partial charge on any atom is -0.368 e. The van der Waals surface area contributed by atoms with Gasteiger partial charge in [-0.3, -0.25) is 0 Å². The molecule has 1 saturated heterocycles. The van der Waals surface area contributed by atoms with Crippen molar-refractivity contribution in [3.63, 3.8) is 0 Å². The van der Waals surface area contributed by atoms with Gasteiger partial charge in [0.25, 0.3) is 0 Å². The lowest BCUT2D eigenvalue weighted by atomic mass is 9.96. The maximum absolute atomic E-state index is 4.35. The van der Waals surface area contributed by atoms with Crippen molar-refractivity contribution in [1.82, 2.24) is 15.5 Å². The standard InChI is InChI=1S/C14H22N4/c1-2-6-13-12(5-1)8-14(18-17-13)16-10-11-4-3-7-15-9-11/h8,11,15H,1-7,9-10H2,(H,16,18). The number of fused-ring (bicyclic) bond motifs is 1. The van der Waals surface area contributed by atoms with Crippen LogP contribution in [0.1, 0.15) is 36.9 Å². The van der Waals surface area contributed by atoms with E-state index in [-0.39, 0.29) is 0 Å². The topological polar surface area (TPSA) is 49.8 Å². The molecule has 0 radical (unpaired) electrons. The average molecular weight is 246 g/mol. The number of hydrogen-bond acceptors (Lipinski definition) is 4. The van der Waals surface area contributed by atoms with E-state index < -0.39 is 0 Å². The summed E-state index contributed by atoms with van der Waals surface area (Å²) in [6.45, 7) is 3.32. The molecule has 1 unspecified atom stereocenters. The number of piperidine rings is 1. The quantitative estimate of drug-likeness (QED) is 0.853. The smallest absolute Gasteiger partial charge is 0.148 e. The second kappa shape index (κ2) is 5.65. The molecule has 4 heteroatoms. The summed E-state index contributed by atoms with van der Waals surface area (Å²) in [5.74, 6) is 1.69. The summed E-state index contributed by atoms with van der Waals surface area (Å²) in [7, 11) is 0. The summed E-state index contributed by atoms with van der Waals surface area (Å²) < 4.78 is 0. The van der Waals surface area contributed by atoms with E-state index in [0.29, 0.717) is 0 Å². The van der Waals surface area contributed by atoms with Crippen LogP contribution in [0, 0.1) is 5.92 Å². The molecule has 3 rings (SSSR count). The maximum atomic E-state index is 4.35. The SMILES string of the molecule is c1c(NCC2CCCNC2)nnc2c1CCCC2. The fraction of sp³-hybridized carbons (Fsp3) is 0.714. The van der Waals surface area contributed by atoms with Crippen LogP contribution in [0.15, 0.2) is 6.07 Å². The molecule has 1 aliphatic carbocycles. The summed E-state index contributed by atoms with van der Waals surface area (Å²) in [5.41, 5.74) is 2.62. The number of rotatable bonds is 3. The second-order valence-electron chi connectivity index (χ2n) is 5.50. The first-order chi connectivity index (χ1) is 8.92. The molecule has 0 bridgehead atoms. The molecule has 98 valence electrons. The number of nitrogens with one attached hydrogen (secondary N) is 2. The molecule has 1 fully saturated rings. The highest BCUT2D eigenvalue weighted by atomic mass is 15.2. The van der Waals surface area contributed by atoms with Crippen LogP contribution in [0.4, 0.5) is 5.82 Å². The van der Waals surface area contributed by atoms with Crippen LogP contribution in [-0.2, 0) is 12.8 Å². The lowest BCUT2D eigenvalue weighted by molar-refractivity contribution is 0.392. The highest BCUT2D eigenvalue weighted by Crippen LogP contribution is 2.20. The molecule has 2 aliphatic rings. The molecule has 2 heterocycles. The number of aromatic nitrogens is 2. The van der Waals surface area contributed by atoms with Gasteiger partial charge in [-0.1, -0.05) is 0 Å². The molecule has 4 nitrogen and oxygen atoms in total. The summed E-state index contributed by atoms with van der Waals surface area (Å²) >= 11 is 0. The highest BCUT2D eigenvalue weighted by molar-refractivity contribution is 5.39. The molecule has 1 aliphatic heterocycles. The van der Waals surface area contributed by atoms with Crippen LogP contribution < -0.4 is 10.6 Å². The van der Waals surface area contributed by atoms with Crippen molar-refractivity contribution < 1.29 is 0 Å². The molecule has 0 aromatic carbocycles. The Labute approximate surface area is 109 Å². The fourth-order valence-electron chi connectivity index (χ4n) is 2.92. The number of nitrogens with zero attached hydrogens (tertiary/aromatic N) is 2. The highest BCUT2D eigenvalue weighted by Gasteiger charge is 2.14. The van der Waals surface area contributed by atoms with Gasteiger partial charge in [0.1, 0.15) is 5.82 Å². The van der Waals surface area contributed by atoms with E-state index in [9.17, 15) is 0 Å². The van der Waals surface area contributed by atoms with Crippen LogP contribution in [0.25, 0.3) is 0 Å². The lowest BCUT2D eigenvalue weighted by Crippen LogP contribution is -2.33. The molecule has 2 N–H and O–H groups in total. The molecule has 0 spiro atoms. The number of anilines is 1. The second-order valence-corrected chi connectivity index (χ2v) is 5.50. The van der Waals surface area contributed by atoms with Gasteiger partial charge in [-0.25, -0.2) is 0 Å². The maximum Gasteiger partial charge on any atom is 0.148 e. The van der Waals surface area contributed by atoms with Gasteiger partial charge in [-0.2, -0.15) is 5.10 Å². The minimum absolute atomic E-state index is 0.733. The molecule has 18 heavy (non-hydrogen) atoms. The Kier molecular flexibility index (Phi) is 3.74. The molecule has 1 aromatic rings. The zero-order valence-electron chi connectivity index (χ0n) is 10.9. The van der Waals surface area contributed by atoms with Crippen molar-refractivity contribution in [3.05, 3.63) is 17.3 Å². The zero-order valence-corrected chi connectivity index (χ0v) is 10.9. The van der Waals surface area contributed by atoms with E-state index in [0.717, 1.165) is 31.2 Å². The summed E-state index contributed by atoms with van der Waals surface area (Å²) in [6.07, 6.45) is 7.45. The van der Waals surface area contributed by atoms with Gasteiger partial charge < -0.3 is 10.6 Å². The van der Waals surface area contributed by atoms with E-state index in [4.69, 9.17) is 0 Å². The normalized spacial score (nSPS) is 23.4. The summed E-state index contributed by atoms with van der Waals surface area (Å²) in [6, 6.07) is 2.21. The van der Waals surface area contributed by atoms with Crippen molar-refractivity contribution >= 4 is 5.82 Å². The first kappa shape index (κ1) is 11.9. The van der Waals surface area contributed by atoms with E-state index >= 15 is 0 Å². The van der Waals surface area contributed by atoms with Crippen LogP contribution in [-0.4, -0.2) is 29.8 Å². The van der Waals surface area contributed by atoms with E-state index in [2.05, 4.69) is 26.9 Å². The Morgan fingerprint density at radius 2 is 2.17 bits per heavy atom. The molecule has 1 atom stereocenters. The minimum atomic E-state index is 0.733. The van der Waals surface area contributed by atoms with Crippen molar-refractivity contribution in [2.75, 3.05) is 25.0 Å². The van der Waals surface area contributed by atoms with Crippen molar-refractivity contribution in [3.8, 4) is 0 Å². The Morgan fingerprint density at radius 1 is 1.22 bits per heavy atom. The number of aryl methyl sites for hydroxylation is 2. The van der Waals surface area contributed by atoms with E-state index in [1.165, 1.54) is 49.9 Å². The summed E-state index contributed by atoms with van der Waals surface area (Å²) in [5, 5.41) is 15.5. The molecular formula is C14H22N4. The summed E-state index contributed by atoms with van der Waals surface area (Å²) in [4.78, 5) is 0. The van der Waals surface area contributed by atoms with E-state index in [1.54, 1.807) is 0 Å². The Bertz CT molecular complexity index is 399. The van der Waals surface area contributed by atoms with Crippen LogP contribution in [0.5, 0.6) is 0 Å². The first-order valence-electron chi connectivity index (χ1n) is 7.22. The third-order valence-electron chi connectivity index (χ3n) is 4.04. The predicted octanol–water partition coefficient (Wildman–Crippen LogP) is 1.77. The molecule has 0 saturated carbocycles. The average Bonchev–Trinajstić information content (AvgIpc) is 2.46. The van der Waals surface area contributed by atoms with Gasteiger partial charge in [0.05, 0.1) is 5.69 Å². The fourth-order valence-corrected chi connectivity index (χ4v) is 2.92. The molecular weight excluding hydrogens is 224 g/mol. The molecule has 0 amide bonds. The number of hydrogen-bond donors (Lipinski definition) is 2. The lowest BCUT2D eigenvalue weighted by Gasteiger charge is -2.23.